The summed E-state index contributed by atoms with van der Waals surface area (Å²) in [5.41, 5.74) is 3.50. The zero-order valence-corrected chi connectivity index (χ0v) is 11.3. The molecule has 0 radical (unpaired) electrons. The molecule has 1 aliphatic carbocycles. The Labute approximate surface area is 105 Å². The lowest BCUT2D eigenvalue weighted by Gasteiger charge is -2.31. The standard InChI is InChI=1S/C16H24O/c1-4-13-7-5-6-8-15(13)14-9-11(2)16(17)12(3)10-14/h9-10,13,15,17H,4-8H2,1-3H3/t13-,15+/m0/s1. The Morgan fingerprint density at radius 2 is 1.71 bits per heavy atom. The number of aromatic hydroxyl groups is 1. The van der Waals surface area contributed by atoms with Crippen LogP contribution in [0.25, 0.3) is 0 Å². The minimum atomic E-state index is 0.470. The fourth-order valence-electron chi connectivity index (χ4n) is 3.34. The van der Waals surface area contributed by atoms with Gasteiger partial charge in [0.25, 0.3) is 0 Å². The van der Waals surface area contributed by atoms with Gasteiger partial charge in [0.15, 0.2) is 0 Å². The molecule has 1 aromatic rings. The molecule has 0 heterocycles. The molecule has 1 N–H and O–H groups in total. The maximum atomic E-state index is 9.85. The van der Waals surface area contributed by atoms with E-state index in [1.807, 2.05) is 13.8 Å². The van der Waals surface area contributed by atoms with Gasteiger partial charge in [-0.05, 0) is 55.2 Å². The van der Waals surface area contributed by atoms with Gasteiger partial charge >= 0.3 is 0 Å². The molecule has 1 heteroatoms. The number of phenols is 1. The summed E-state index contributed by atoms with van der Waals surface area (Å²) in [5.74, 6) is 2.02. The minimum absolute atomic E-state index is 0.470. The SMILES string of the molecule is CC[C@H]1CCCC[C@H]1c1cc(C)c(O)c(C)c1. The van der Waals surface area contributed by atoms with Crippen LogP contribution in [-0.4, -0.2) is 5.11 Å². The lowest BCUT2D eigenvalue weighted by molar-refractivity contribution is 0.299. The summed E-state index contributed by atoms with van der Waals surface area (Å²) < 4.78 is 0. The van der Waals surface area contributed by atoms with Crippen molar-refractivity contribution in [3.05, 3.63) is 28.8 Å². The third kappa shape index (κ3) is 2.48. The molecule has 2 rings (SSSR count). The molecule has 0 spiro atoms. The molecule has 0 unspecified atom stereocenters. The van der Waals surface area contributed by atoms with E-state index in [1.165, 1.54) is 37.7 Å². The van der Waals surface area contributed by atoms with Crippen LogP contribution < -0.4 is 0 Å². The average molecular weight is 232 g/mol. The molecule has 0 aliphatic heterocycles. The molecule has 94 valence electrons. The molecule has 1 aromatic carbocycles. The van der Waals surface area contributed by atoms with Gasteiger partial charge in [0, 0.05) is 0 Å². The van der Waals surface area contributed by atoms with Gasteiger partial charge in [-0.3, -0.25) is 0 Å². The Balaban J connectivity index is 2.32. The Kier molecular flexibility index (Phi) is 3.76. The quantitative estimate of drug-likeness (QED) is 0.784. The summed E-state index contributed by atoms with van der Waals surface area (Å²) in [4.78, 5) is 0. The molecule has 1 nitrogen and oxygen atoms in total. The van der Waals surface area contributed by atoms with Gasteiger partial charge in [-0.1, -0.05) is 38.3 Å². The van der Waals surface area contributed by atoms with E-state index in [0.29, 0.717) is 11.7 Å². The lowest BCUT2D eigenvalue weighted by atomic mass is 9.74. The summed E-state index contributed by atoms with van der Waals surface area (Å²) in [6.07, 6.45) is 6.73. The molecule has 1 saturated carbocycles. The largest absolute Gasteiger partial charge is 0.507 e. The van der Waals surface area contributed by atoms with Gasteiger partial charge < -0.3 is 5.11 Å². The van der Waals surface area contributed by atoms with Crippen molar-refractivity contribution in [3.8, 4) is 5.75 Å². The number of hydrogen-bond acceptors (Lipinski definition) is 1. The van der Waals surface area contributed by atoms with Crippen LogP contribution >= 0.6 is 0 Å². The third-order valence-corrected chi connectivity index (χ3v) is 4.37. The zero-order valence-electron chi connectivity index (χ0n) is 11.3. The van der Waals surface area contributed by atoms with Crippen LogP contribution in [0.1, 0.15) is 61.6 Å². The molecular formula is C16H24O. The van der Waals surface area contributed by atoms with Crippen molar-refractivity contribution in [1.82, 2.24) is 0 Å². The molecule has 0 saturated heterocycles. The van der Waals surface area contributed by atoms with Gasteiger partial charge in [0.1, 0.15) is 5.75 Å². The molecule has 2 atom stereocenters. The molecule has 17 heavy (non-hydrogen) atoms. The van der Waals surface area contributed by atoms with Crippen LogP contribution in [0.4, 0.5) is 0 Å². The highest BCUT2D eigenvalue weighted by Crippen LogP contribution is 2.41. The fourth-order valence-corrected chi connectivity index (χ4v) is 3.34. The first kappa shape index (κ1) is 12.5. The summed E-state index contributed by atoms with van der Waals surface area (Å²) in [5, 5.41) is 9.85. The van der Waals surface area contributed by atoms with Crippen LogP contribution in [0.3, 0.4) is 0 Å². The Bertz CT molecular complexity index is 372. The number of rotatable bonds is 2. The predicted octanol–water partition coefficient (Wildman–Crippen LogP) is 4.69. The maximum Gasteiger partial charge on any atom is 0.121 e. The number of benzene rings is 1. The number of hydrogen-bond donors (Lipinski definition) is 1. The Hall–Kier alpha value is -0.980. The smallest absolute Gasteiger partial charge is 0.121 e. The lowest BCUT2D eigenvalue weighted by Crippen LogP contribution is -2.17. The molecular weight excluding hydrogens is 208 g/mol. The molecule has 1 aliphatic rings. The first-order valence-electron chi connectivity index (χ1n) is 6.93. The topological polar surface area (TPSA) is 20.2 Å². The highest BCUT2D eigenvalue weighted by atomic mass is 16.3. The summed E-state index contributed by atoms with van der Waals surface area (Å²) in [6.45, 7) is 6.33. The van der Waals surface area contributed by atoms with Crippen LogP contribution in [0, 0.1) is 19.8 Å². The molecule has 0 aromatic heterocycles. The van der Waals surface area contributed by atoms with Crippen molar-refractivity contribution in [2.45, 2.75) is 58.8 Å². The van der Waals surface area contributed by atoms with Crippen LogP contribution in [0.5, 0.6) is 5.75 Å². The predicted molar refractivity (Wildman–Crippen MR) is 72.6 cm³/mol. The van der Waals surface area contributed by atoms with Crippen molar-refractivity contribution in [2.75, 3.05) is 0 Å². The Morgan fingerprint density at radius 1 is 1.12 bits per heavy atom. The van der Waals surface area contributed by atoms with Crippen molar-refractivity contribution in [1.29, 1.82) is 0 Å². The molecule has 0 bridgehead atoms. The Morgan fingerprint density at radius 3 is 2.29 bits per heavy atom. The molecule has 1 fully saturated rings. The van der Waals surface area contributed by atoms with E-state index >= 15 is 0 Å². The summed E-state index contributed by atoms with van der Waals surface area (Å²) in [7, 11) is 0. The highest BCUT2D eigenvalue weighted by Gasteiger charge is 2.25. The normalized spacial score (nSPS) is 24.9. The second kappa shape index (κ2) is 5.12. The highest BCUT2D eigenvalue weighted by molar-refractivity contribution is 5.43. The van der Waals surface area contributed by atoms with Gasteiger partial charge in [-0.15, -0.1) is 0 Å². The van der Waals surface area contributed by atoms with Gasteiger partial charge in [0.2, 0.25) is 0 Å². The van der Waals surface area contributed by atoms with Crippen molar-refractivity contribution >= 4 is 0 Å². The van der Waals surface area contributed by atoms with Crippen molar-refractivity contribution < 1.29 is 5.11 Å². The van der Waals surface area contributed by atoms with Crippen LogP contribution in [0.15, 0.2) is 12.1 Å². The summed E-state index contributed by atoms with van der Waals surface area (Å²) >= 11 is 0. The second-order valence-corrected chi connectivity index (χ2v) is 5.56. The average Bonchev–Trinajstić information content (AvgIpc) is 2.35. The minimum Gasteiger partial charge on any atom is -0.507 e. The zero-order chi connectivity index (χ0) is 12.4. The van der Waals surface area contributed by atoms with Gasteiger partial charge in [-0.2, -0.15) is 0 Å². The van der Waals surface area contributed by atoms with Crippen molar-refractivity contribution in [3.63, 3.8) is 0 Å². The maximum absolute atomic E-state index is 9.85. The van der Waals surface area contributed by atoms with Crippen LogP contribution in [-0.2, 0) is 0 Å². The second-order valence-electron chi connectivity index (χ2n) is 5.56. The van der Waals surface area contributed by atoms with Gasteiger partial charge in [-0.25, -0.2) is 0 Å². The first-order chi connectivity index (χ1) is 8.13. The van der Waals surface area contributed by atoms with E-state index in [4.69, 9.17) is 0 Å². The van der Waals surface area contributed by atoms with E-state index in [9.17, 15) is 5.11 Å². The van der Waals surface area contributed by atoms with E-state index in [1.54, 1.807) is 0 Å². The van der Waals surface area contributed by atoms with Crippen molar-refractivity contribution in [2.24, 2.45) is 5.92 Å². The van der Waals surface area contributed by atoms with Gasteiger partial charge in [0.05, 0.1) is 0 Å². The molecule has 0 amide bonds. The van der Waals surface area contributed by atoms with Crippen LogP contribution in [0.2, 0.25) is 0 Å². The van der Waals surface area contributed by atoms with E-state index < -0.39 is 0 Å². The number of aryl methyl sites for hydroxylation is 2. The third-order valence-electron chi connectivity index (χ3n) is 4.37. The summed E-state index contributed by atoms with van der Waals surface area (Å²) in [6, 6.07) is 4.39. The van der Waals surface area contributed by atoms with E-state index in [-0.39, 0.29) is 0 Å². The van der Waals surface area contributed by atoms with E-state index in [0.717, 1.165) is 17.0 Å². The monoisotopic (exact) mass is 232 g/mol. The number of phenolic OH excluding ortho intramolecular Hbond substituents is 1. The van der Waals surface area contributed by atoms with E-state index in [2.05, 4.69) is 19.1 Å². The first-order valence-corrected chi connectivity index (χ1v) is 6.93. The fraction of sp³-hybridized carbons (Fsp3) is 0.625.